The van der Waals surface area contributed by atoms with E-state index in [2.05, 4.69) is 19.2 Å². The maximum Gasteiger partial charge on any atom is 0.328 e. The minimum atomic E-state index is -0.367. The third-order valence-corrected chi connectivity index (χ3v) is 2.83. The number of rotatable bonds is 6. The van der Waals surface area contributed by atoms with Gasteiger partial charge in [-0.15, -0.1) is 0 Å². The third kappa shape index (κ3) is 4.73. The first-order valence-electron chi connectivity index (χ1n) is 6.39. The van der Waals surface area contributed by atoms with Crippen LogP contribution in [-0.2, 0) is 9.53 Å². The first-order valence-corrected chi connectivity index (χ1v) is 6.39. The lowest BCUT2D eigenvalue weighted by Gasteiger charge is -2.19. The molecule has 0 saturated heterocycles. The number of hydrogen-bond donors (Lipinski definition) is 1. The Balaban J connectivity index is 2.78. The van der Waals surface area contributed by atoms with Gasteiger partial charge in [0.25, 0.3) is 0 Å². The molecular formula is C15H21NO3. The maximum atomic E-state index is 11.7. The summed E-state index contributed by atoms with van der Waals surface area (Å²) in [6, 6.07) is 6.72. The maximum absolute atomic E-state index is 11.7. The van der Waals surface area contributed by atoms with Crippen molar-refractivity contribution in [2.75, 3.05) is 12.4 Å². The zero-order valence-electron chi connectivity index (χ0n) is 11.9. The molecule has 0 radical (unpaired) electrons. The monoisotopic (exact) mass is 263 g/mol. The molecule has 1 N–H and O–H groups in total. The Morgan fingerprint density at radius 2 is 1.79 bits per heavy atom. The van der Waals surface area contributed by atoms with E-state index in [9.17, 15) is 9.59 Å². The Hall–Kier alpha value is -1.84. The number of Topliss-reactive ketones (excluding diaryl/α,β-unsaturated/α-hetero) is 1. The van der Waals surface area contributed by atoms with Crippen LogP contribution in [0, 0.1) is 5.92 Å². The molecule has 0 aliphatic rings. The van der Waals surface area contributed by atoms with E-state index in [1.165, 1.54) is 14.0 Å². The van der Waals surface area contributed by atoms with Crippen LogP contribution in [0.3, 0.4) is 0 Å². The molecule has 1 atom stereocenters. The second-order valence-corrected chi connectivity index (χ2v) is 4.98. The SMILES string of the molecule is COC(=O)C(CC(C)C)Nc1ccc(C(C)=O)cc1. The zero-order valence-corrected chi connectivity index (χ0v) is 11.9. The highest BCUT2D eigenvalue weighted by molar-refractivity contribution is 5.94. The summed E-state index contributed by atoms with van der Waals surface area (Å²) in [4.78, 5) is 22.9. The van der Waals surface area contributed by atoms with Gasteiger partial charge in [-0.3, -0.25) is 4.79 Å². The molecule has 0 fully saturated rings. The van der Waals surface area contributed by atoms with Crippen LogP contribution in [0.25, 0.3) is 0 Å². The van der Waals surface area contributed by atoms with Gasteiger partial charge >= 0.3 is 5.97 Å². The molecule has 0 amide bonds. The van der Waals surface area contributed by atoms with Crippen LogP contribution in [-0.4, -0.2) is 24.9 Å². The minimum Gasteiger partial charge on any atom is -0.467 e. The number of carbonyl (C=O) groups excluding carboxylic acids is 2. The lowest BCUT2D eigenvalue weighted by Crippen LogP contribution is -2.32. The standard InChI is InChI=1S/C15H21NO3/c1-10(2)9-14(15(18)19-4)16-13-7-5-12(6-8-13)11(3)17/h5-8,10,14,16H,9H2,1-4H3. The van der Waals surface area contributed by atoms with Gasteiger partial charge < -0.3 is 10.1 Å². The van der Waals surface area contributed by atoms with Crippen LogP contribution in [0.4, 0.5) is 5.69 Å². The van der Waals surface area contributed by atoms with Gasteiger partial charge in [0.05, 0.1) is 7.11 Å². The predicted octanol–water partition coefficient (Wildman–Crippen LogP) is 2.89. The number of ether oxygens (including phenoxy) is 1. The number of hydrogen-bond acceptors (Lipinski definition) is 4. The summed E-state index contributed by atoms with van der Waals surface area (Å²) in [5, 5.41) is 3.14. The average molecular weight is 263 g/mol. The van der Waals surface area contributed by atoms with Crippen LogP contribution in [0.15, 0.2) is 24.3 Å². The van der Waals surface area contributed by atoms with Gasteiger partial charge in [-0.2, -0.15) is 0 Å². The van der Waals surface area contributed by atoms with Gasteiger partial charge in [0, 0.05) is 11.3 Å². The van der Waals surface area contributed by atoms with E-state index in [1.807, 2.05) is 0 Å². The zero-order chi connectivity index (χ0) is 14.4. The van der Waals surface area contributed by atoms with Gasteiger partial charge in [-0.25, -0.2) is 4.79 Å². The van der Waals surface area contributed by atoms with Crippen molar-refractivity contribution in [3.8, 4) is 0 Å². The Kier molecular flexibility index (Phi) is 5.55. The second-order valence-electron chi connectivity index (χ2n) is 4.98. The summed E-state index contributed by atoms with van der Waals surface area (Å²) in [6.07, 6.45) is 0.696. The van der Waals surface area contributed by atoms with Gasteiger partial charge in [0.2, 0.25) is 0 Å². The number of nitrogens with one attached hydrogen (secondary N) is 1. The number of anilines is 1. The molecule has 1 aromatic carbocycles. The molecule has 4 heteroatoms. The van der Waals surface area contributed by atoms with Crippen molar-refractivity contribution in [3.05, 3.63) is 29.8 Å². The molecule has 19 heavy (non-hydrogen) atoms. The van der Waals surface area contributed by atoms with E-state index in [0.717, 1.165) is 5.69 Å². The lowest BCUT2D eigenvalue weighted by atomic mass is 10.0. The van der Waals surface area contributed by atoms with E-state index in [4.69, 9.17) is 4.74 Å². The second kappa shape index (κ2) is 6.92. The quantitative estimate of drug-likeness (QED) is 0.633. The fraction of sp³-hybridized carbons (Fsp3) is 0.467. The summed E-state index contributed by atoms with van der Waals surface area (Å²) in [6.45, 7) is 5.63. The van der Waals surface area contributed by atoms with Crippen LogP contribution < -0.4 is 5.32 Å². The largest absolute Gasteiger partial charge is 0.467 e. The molecule has 0 spiro atoms. The molecule has 1 rings (SSSR count). The molecule has 0 heterocycles. The van der Waals surface area contributed by atoms with Crippen molar-refractivity contribution in [1.82, 2.24) is 0 Å². The summed E-state index contributed by atoms with van der Waals surface area (Å²) in [7, 11) is 1.39. The molecule has 1 aromatic rings. The highest BCUT2D eigenvalue weighted by Crippen LogP contribution is 2.15. The Morgan fingerprint density at radius 1 is 1.21 bits per heavy atom. The van der Waals surface area contributed by atoms with E-state index >= 15 is 0 Å². The first-order chi connectivity index (χ1) is 8.93. The summed E-state index contributed by atoms with van der Waals surface area (Å²) in [5.74, 6) is 0.135. The smallest absolute Gasteiger partial charge is 0.328 e. The average Bonchev–Trinajstić information content (AvgIpc) is 2.37. The molecule has 0 bridgehead atoms. The normalized spacial score (nSPS) is 12.1. The number of carbonyl (C=O) groups is 2. The Morgan fingerprint density at radius 3 is 2.21 bits per heavy atom. The highest BCUT2D eigenvalue weighted by atomic mass is 16.5. The molecule has 0 aromatic heterocycles. The molecule has 104 valence electrons. The number of ketones is 1. The molecule has 1 unspecified atom stereocenters. The van der Waals surface area contributed by atoms with Crippen molar-refractivity contribution < 1.29 is 14.3 Å². The summed E-state index contributed by atoms with van der Waals surface area (Å²) < 4.78 is 4.79. The highest BCUT2D eigenvalue weighted by Gasteiger charge is 2.20. The van der Waals surface area contributed by atoms with Crippen molar-refractivity contribution in [3.63, 3.8) is 0 Å². The number of benzene rings is 1. The molecule has 4 nitrogen and oxygen atoms in total. The van der Waals surface area contributed by atoms with Crippen LogP contribution in [0.2, 0.25) is 0 Å². The number of esters is 1. The fourth-order valence-electron chi connectivity index (χ4n) is 1.83. The van der Waals surface area contributed by atoms with E-state index in [-0.39, 0.29) is 17.8 Å². The van der Waals surface area contributed by atoms with Crippen LogP contribution >= 0.6 is 0 Å². The predicted molar refractivity (Wildman–Crippen MR) is 75.3 cm³/mol. The Labute approximate surface area is 114 Å². The van der Waals surface area contributed by atoms with Crippen molar-refractivity contribution >= 4 is 17.4 Å². The van der Waals surface area contributed by atoms with Crippen molar-refractivity contribution in [1.29, 1.82) is 0 Å². The molecular weight excluding hydrogens is 242 g/mol. The molecule has 0 aliphatic carbocycles. The van der Waals surface area contributed by atoms with Gasteiger partial charge in [0.15, 0.2) is 5.78 Å². The van der Waals surface area contributed by atoms with Crippen molar-refractivity contribution in [2.45, 2.75) is 33.2 Å². The number of methoxy groups -OCH3 is 1. The fourth-order valence-corrected chi connectivity index (χ4v) is 1.83. The van der Waals surface area contributed by atoms with E-state index < -0.39 is 0 Å². The third-order valence-electron chi connectivity index (χ3n) is 2.83. The molecule has 0 aliphatic heterocycles. The topological polar surface area (TPSA) is 55.4 Å². The van der Waals surface area contributed by atoms with Crippen LogP contribution in [0.5, 0.6) is 0 Å². The van der Waals surface area contributed by atoms with Crippen LogP contribution in [0.1, 0.15) is 37.6 Å². The minimum absolute atomic E-state index is 0.0262. The molecule has 0 saturated carbocycles. The first kappa shape index (κ1) is 15.2. The lowest BCUT2D eigenvalue weighted by molar-refractivity contribution is -0.141. The van der Waals surface area contributed by atoms with E-state index in [0.29, 0.717) is 17.9 Å². The van der Waals surface area contributed by atoms with Gasteiger partial charge in [0.1, 0.15) is 6.04 Å². The Bertz CT molecular complexity index is 437. The summed E-state index contributed by atoms with van der Waals surface area (Å²) in [5.41, 5.74) is 1.46. The van der Waals surface area contributed by atoms with Gasteiger partial charge in [-0.1, -0.05) is 13.8 Å². The van der Waals surface area contributed by atoms with E-state index in [1.54, 1.807) is 24.3 Å². The van der Waals surface area contributed by atoms with Crippen molar-refractivity contribution in [2.24, 2.45) is 5.92 Å². The van der Waals surface area contributed by atoms with Gasteiger partial charge in [-0.05, 0) is 43.5 Å². The summed E-state index contributed by atoms with van der Waals surface area (Å²) >= 11 is 0.